The van der Waals surface area contributed by atoms with Gasteiger partial charge in [0.2, 0.25) is 0 Å². The van der Waals surface area contributed by atoms with Gasteiger partial charge in [0.15, 0.2) is 0 Å². The molecule has 1 amide bonds. The lowest BCUT2D eigenvalue weighted by atomic mass is 10.1. The van der Waals surface area contributed by atoms with E-state index in [9.17, 15) is 4.79 Å². The van der Waals surface area contributed by atoms with Crippen LogP contribution < -0.4 is 5.32 Å². The van der Waals surface area contributed by atoms with Crippen LogP contribution in [0, 0.1) is 0 Å². The number of amides is 1. The lowest BCUT2D eigenvalue weighted by Crippen LogP contribution is -2.13. The first kappa shape index (κ1) is 14.8. The van der Waals surface area contributed by atoms with Crippen LogP contribution in [0.5, 0.6) is 0 Å². The minimum Gasteiger partial charge on any atom is -0.319 e. The second kappa shape index (κ2) is 6.68. The number of aromatic nitrogens is 2. The van der Waals surface area contributed by atoms with Crippen molar-refractivity contribution >= 4 is 34.8 Å². The Hall–Kier alpha value is -1.65. The Balaban J connectivity index is 2.23. The Morgan fingerprint density at radius 3 is 2.85 bits per heavy atom. The van der Waals surface area contributed by atoms with E-state index in [1.54, 1.807) is 18.3 Å². The Labute approximate surface area is 127 Å². The van der Waals surface area contributed by atoms with E-state index in [1.807, 2.05) is 6.92 Å². The van der Waals surface area contributed by atoms with Gasteiger partial charge in [0.05, 0.1) is 16.9 Å². The van der Waals surface area contributed by atoms with Crippen LogP contribution in [0.25, 0.3) is 0 Å². The summed E-state index contributed by atoms with van der Waals surface area (Å²) in [5.41, 5.74) is 1.71. The zero-order valence-electron chi connectivity index (χ0n) is 10.9. The topological polar surface area (TPSA) is 54.9 Å². The number of rotatable bonds is 4. The van der Waals surface area contributed by atoms with Crippen molar-refractivity contribution in [3.8, 4) is 0 Å². The molecule has 20 heavy (non-hydrogen) atoms. The van der Waals surface area contributed by atoms with E-state index in [1.165, 1.54) is 12.3 Å². The lowest BCUT2D eigenvalue weighted by Gasteiger charge is -2.08. The number of anilines is 1. The number of nitrogens with zero attached hydrogens (tertiary/aromatic N) is 2. The van der Waals surface area contributed by atoms with Crippen molar-refractivity contribution in [3.63, 3.8) is 0 Å². The molecule has 0 aliphatic rings. The van der Waals surface area contributed by atoms with Gasteiger partial charge in [0.25, 0.3) is 5.91 Å². The molecule has 2 rings (SSSR count). The van der Waals surface area contributed by atoms with Crippen molar-refractivity contribution in [2.75, 3.05) is 5.32 Å². The largest absolute Gasteiger partial charge is 0.319 e. The molecule has 0 fully saturated rings. The van der Waals surface area contributed by atoms with Gasteiger partial charge in [-0.1, -0.05) is 36.5 Å². The van der Waals surface area contributed by atoms with Crippen LogP contribution in [0.4, 0.5) is 5.69 Å². The van der Waals surface area contributed by atoms with Gasteiger partial charge in [0, 0.05) is 17.5 Å². The predicted octanol–water partition coefficient (Wildman–Crippen LogP) is 3.99. The first-order valence-electron chi connectivity index (χ1n) is 6.17. The third-order valence-corrected chi connectivity index (χ3v) is 3.15. The third-order valence-electron chi connectivity index (χ3n) is 2.63. The summed E-state index contributed by atoms with van der Waals surface area (Å²) in [5.74, 6) is -0.290. The number of nitrogens with one attached hydrogen (secondary N) is 1. The average molecular weight is 310 g/mol. The summed E-state index contributed by atoms with van der Waals surface area (Å²) in [5, 5.41) is 3.44. The van der Waals surface area contributed by atoms with Crippen LogP contribution >= 0.6 is 23.2 Å². The number of carbonyl (C=O) groups is 1. The molecule has 4 nitrogen and oxygen atoms in total. The minimum atomic E-state index is -0.290. The molecule has 0 aliphatic carbocycles. The Bertz CT molecular complexity index is 632. The van der Waals surface area contributed by atoms with Gasteiger partial charge in [-0.2, -0.15) is 0 Å². The van der Waals surface area contributed by atoms with Crippen LogP contribution in [0.2, 0.25) is 10.2 Å². The molecule has 0 saturated carbocycles. The smallest absolute Gasteiger partial charge is 0.255 e. The monoisotopic (exact) mass is 309 g/mol. The summed E-state index contributed by atoms with van der Waals surface area (Å²) >= 11 is 11.9. The van der Waals surface area contributed by atoms with Crippen molar-refractivity contribution in [1.29, 1.82) is 0 Å². The maximum Gasteiger partial charge on any atom is 0.255 e. The average Bonchev–Trinajstić information content (AvgIpc) is 2.41. The molecule has 0 spiro atoms. The number of aryl methyl sites for hydroxylation is 1. The van der Waals surface area contributed by atoms with Gasteiger partial charge in [-0.15, -0.1) is 0 Å². The van der Waals surface area contributed by atoms with E-state index >= 15 is 0 Å². The summed E-state index contributed by atoms with van der Waals surface area (Å²) in [6.45, 7) is 2.04. The van der Waals surface area contributed by atoms with E-state index in [-0.39, 0.29) is 5.91 Å². The fraction of sp³-hybridized carbons (Fsp3) is 0.214. The molecule has 104 valence electrons. The van der Waals surface area contributed by atoms with Crippen molar-refractivity contribution < 1.29 is 4.79 Å². The second-order valence-electron chi connectivity index (χ2n) is 4.23. The van der Waals surface area contributed by atoms with Crippen LogP contribution in [0.3, 0.4) is 0 Å². The number of hydrogen-bond acceptors (Lipinski definition) is 3. The van der Waals surface area contributed by atoms with Crippen molar-refractivity contribution in [2.24, 2.45) is 0 Å². The standard InChI is InChI=1S/C14H13Cl2N3O/c1-2-3-10-6-9(7-13(16)18-10)14(20)19-12-8-17-5-4-11(12)15/h4-8H,2-3H2,1H3,(H,19,20). The fourth-order valence-electron chi connectivity index (χ4n) is 1.73. The highest BCUT2D eigenvalue weighted by Gasteiger charge is 2.11. The lowest BCUT2D eigenvalue weighted by molar-refractivity contribution is 0.102. The molecule has 1 N–H and O–H groups in total. The summed E-state index contributed by atoms with van der Waals surface area (Å²) in [4.78, 5) is 20.3. The number of halogens is 2. The maximum absolute atomic E-state index is 12.2. The van der Waals surface area contributed by atoms with Gasteiger partial charge in [-0.25, -0.2) is 4.98 Å². The molecule has 2 aromatic rings. The highest BCUT2D eigenvalue weighted by Crippen LogP contribution is 2.20. The van der Waals surface area contributed by atoms with E-state index in [0.717, 1.165) is 18.5 Å². The Morgan fingerprint density at radius 2 is 2.15 bits per heavy atom. The molecular weight excluding hydrogens is 297 g/mol. The molecule has 0 radical (unpaired) electrons. The zero-order chi connectivity index (χ0) is 14.5. The van der Waals surface area contributed by atoms with E-state index in [4.69, 9.17) is 23.2 Å². The molecule has 2 aromatic heterocycles. The molecule has 0 aliphatic heterocycles. The van der Waals surface area contributed by atoms with Crippen LogP contribution in [-0.4, -0.2) is 15.9 Å². The summed E-state index contributed by atoms with van der Waals surface area (Å²) < 4.78 is 0. The van der Waals surface area contributed by atoms with Gasteiger partial charge in [0.1, 0.15) is 5.15 Å². The quantitative estimate of drug-likeness (QED) is 0.869. The van der Waals surface area contributed by atoms with Crippen LogP contribution in [-0.2, 0) is 6.42 Å². The van der Waals surface area contributed by atoms with Crippen molar-refractivity contribution in [2.45, 2.75) is 19.8 Å². The second-order valence-corrected chi connectivity index (χ2v) is 5.02. The molecule has 0 aromatic carbocycles. The summed E-state index contributed by atoms with van der Waals surface area (Å²) in [6, 6.07) is 4.87. The van der Waals surface area contributed by atoms with Crippen molar-refractivity contribution in [1.82, 2.24) is 9.97 Å². The highest BCUT2D eigenvalue weighted by atomic mass is 35.5. The van der Waals surface area contributed by atoms with Gasteiger partial charge >= 0.3 is 0 Å². The maximum atomic E-state index is 12.2. The highest BCUT2D eigenvalue weighted by molar-refractivity contribution is 6.34. The SMILES string of the molecule is CCCc1cc(C(=O)Nc2cnccc2Cl)cc(Cl)n1. The molecule has 0 bridgehead atoms. The van der Waals surface area contributed by atoms with E-state index in [0.29, 0.717) is 21.4 Å². The number of hydrogen-bond donors (Lipinski definition) is 1. The zero-order valence-corrected chi connectivity index (χ0v) is 12.4. The Kier molecular flexibility index (Phi) is 4.93. The molecule has 0 saturated heterocycles. The first-order valence-corrected chi connectivity index (χ1v) is 6.93. The van der Waals surface area contributed by atoms with Crippen LogP contribution in [0.15, 0.2) is 30.6 Å². The molecule has 2 heterocycles. The Morgan fingerprint density at radius 1 is 1.35 bits per heavy atom. The normalized spacial score (nSPS) is 10.3. The van der Waals surface area contributed by atoms with E-state index < -0.39 is 0 Å². The molecular formula is C14H13Cl2N3O. The van der Waals surface area contributed by atoms with Gasteiger partial charge in [-0.05, 0) is 24.6 Å². The minimum absolute atomic E-state index is 0.290. The van der Waals surface area contributed by atoms with E-state index in [2.05, 4.69) is 15.3 Å². The predicted molar refractivity (Wildman–Crippen MR) is 80.4 cm³/mol. The van der Waals surface area contributed by atoms with Gasteiger partial charge < -0.3 is 5.32 Å². The number of carbonyl (C=O) groups excluding carboxylic acids is 1. The first-order chi connectivity index (χ1) is 9.60. The van der Waals surface area contributed by atoms with Crippen molar-refractivity contribution in [3.05, 3.63) is 52.0 Å². The third kappa shape index (κ3) is 3.68. The van der Waals surface area contributed by atoms with Crippen LogP contribution in [0.1, 0.15) is 29.4 Å². The number of pyridine rings is 2. The summed E-state index contributed by atoms with van der Waals surface area (Å²) in [7, 11) is 0. The molecule has 6 heteroatoms. The molecule has 0 atom stereocenters. The van der Waals surface area contributed by atoms with Gasteiger partial charge in [-0.3, -0.25) is 9.78 Å². The fourth-order valence-corrected chi connectivity index (χ4v) is 2.11. The summed E-state index contributed by atoms with van der Waals surface area (Å²) in [6.07, 6.45) is 4.76. The molecule has 0 unspecified atom stereocenters.